The normalized spacial score (nSPS) is 12.6. The molecule has 1 aliphatic rings. The van der Waals surface area contributed by atoms with Crippen LogP contribution in [0.15, 0.2) is 231 Å². The van der Waals surface area contributed by atoms with E-state index in [0.29, 0.717) is 0 Å². The summed E-state index contributed by atoms with van der Waals surface area (Å²) in [6.07, 6.45) is 0. The van der Waals surface area contributed by atoms with Crippen LogP contribution in [0.3, 0.4) is 0 Å². The molecule has 0 radical (unpaired) electrons. The topological polar surface area (TPSA) is 34.2 Å². The van der Waals surface area contributed by atoms with Crippen LogP contribution in [0.4, 0.5) is 34.3 Å². The Morgan fingerprint density at radius 1 is 0.298 bits per heavy atom. The molecule has 0 atom stereocenters. The van der Waals surface area contributed by atoms with Crippen molar-refractivity contribution in [1.29, 1.82) is 0 Å². The minimum absolute atomic E-state index is 0.800. The third kappa shape index (κ3) is 6.99. The first-order valence-electron chi connectivity index (χ1n) is 29.0. The minimum Gasteiger partial charge on any atom is -0.306 e. The van der Waals surface area contributed by atoms with Crippen LogP contribution >= 0.6 is 11.3 Å². The van der Waals surface area contributed by atoms with Gasteiger partial charge >= 0.3 is 0 Å². The number of rotatable bonds is 6. The summed E-state index contributed by atoms with van der Waals surface area (Å²) in [5.74, 6) is 1.62. The van der Waals surface area contributed by atoms with E-state index in [1.165, 1.54) is 85.9 Å². The summed E-state index contributed by atoms with van der Waals surface area (Å²) < 4.78 is 10.1. The molecule has 0 saturated heterocycles. The first-order chi connectivity index (χ1) is 41.1. The van der Waals surface area contributed by atoms with E-state index in [1.807, 2.05) is 11.3 Å². The monoisotopic (exact) mass is 1100 g/mol. The molecule has 6 nitrogen and oxygen atoms in total. The molecular weight excluding hydrogens is 1040 g/mol. The van der Waals surface area contributed by atoms with E-state index in [0.717, 1.165) is 95.7 Å². The lowest BCUT2D eigenvalue weighted by Crippen LogP contribution is -2.26. The van der Waals surface area contributed by atoms with Gasteiger partial charge in [0.25, 0.3) is 0 Å². The molecule has 0 N–H and O–H groups in total. The van der Waals surface area contributed by atoms with Gasteiger partial charge in [0.2, 0.25) is 0 Å². The lowest BCUT2D eigenvalue weighted by Gasteiger charge is -2.41. The highest BCUT2D eigenvalue weighted by molar-refractivity contribution is 7.26. The van der Waals surface area contributed by atoms with Crippen LogP contribution in [0.1, 0.15) is 33.4 Å². The quantitative estimate of drug-likeness (QED) is 0.166. The number of para-hydroxylation sites is 5. The summed E-state index contributed by atoms with van der Waals surface area (Å²) >= 11 is 1.86. The van der Waals surface area contributed by atoms with Gasteiger partial charge in [-0.2, -0.15) is 0 Å². The van der Waals surface area contributed by atoms with Crippen LogP contribution < -0.4 is 9.80 Å². The third-order valence-electron chi connectivity index (χ3n) is 17.6. The lowest BCUT2D eigenvalue weighted by molar-refractivity contribution is 0.992. The fourth-order valence-electron chi connectivity index (χ4n) is 14.0. The minimum atomic E-state index is 0.800. The van der Waals surface area contributed by atoms with Gasteiger partial charge in [0, 0.05) is 63.7 Å². The Hall–Kier alpha value is -10.2. The molecule has 0 saturated carbocycles. The van der Waals surface area contributed by atoms with Gasteiger partial charge in [0.1, 0.15) is 11.4 Å². The van der Waals surface area contributed by atoms with Gasteiger partial charge in [-0.3, -0.25) is 9.47 Å². The van der Waals surface area contributed by atoms with E-state index in [4.69, 9.17) is 4.98 Å². The summed E-state index contributed by atoms with van der Waals surface area (Å²) in [5.41, 5.74) is 23.2. The predicted molar refractivity (Wildman–Crippen MR) is 357 cm³/mol. The van der Waals surface area contributed by atoms with E-state index in [1.54, 1.807) is 0 Å². The van der Waals surface area contributed by atoms with Crippen LogP contribution in [0, 0.1) is 41.5 Å². The van der Waals surface area contributed by atoms with E-state index in [2.05, 4.69) is 296 Å². The predicted octanol–water partition coefficient (Wildman–Crippen LogP) is 21.5. The highest BCUT2D eigenvalue weighted by Gasteiger charge is 2.38. The Labute approximate surface area is 490 Å². The van der Waals surface area contributed by atoms with Gasteiger partial charge in [-0.1, -0.05) is 143 Å². The lowest BCUT2D eigenvalue weighted by atomic mass is 9.95. The van der Waals surface area contributed by atoms with Gasteiger partial charge in [0.05, 0.1) is 55.8 Å². The summed E-state index contributed by atoms with van der Waals surface area (Å²) in [7, 11) is 0. The molecule has 400 valence electrons. The number of thiophene rings is 1. The SMILES string of the molecule is Cc1ccc2c(c1)c1cc(C)ccc1n2-c1nc(N2c3ccccc3N(c3ccccc3)c3ccccc32)c(-n2c3ccc(C)cc3c3cc(C)ccc32)c(-c2cccc3sc4ccccc4c23)c1-n1c2ccc(C)cc2c2cc(C)ccc21. The van der Waals surface area contributed by atoms with Crippen molar-refractivity contribution in [3.05, 3.63) is 264 Å². The highest BCUT2D eigenvalue weighted by atomic mass is 32.1. The van der Waals surface area contributed by atoms with E-state index < -0.39 is 0 Å². The number of benzene rings is 11. The molecule has 6 heterocycles. The average Bonchev–Trinajstić information content (AvgIpc) is 1.39. The fourth-order valence-corrected chi connectivity index (χ4v) is 15.1. The van der Waals surface area contributed by atoms with Crippen molar-refractivity contribution in [3.63, 3.8) is 0 Å². The molecule has 7 heteroatoms. The maximum atomic E-state index is 6.64. The molecule has 0 fully saturated rings. The van der Waals surface area contributed by atoms with Crippen molar-refractivity contribution in [1.82, 2.24) is 18.7 Å². The summed E-state index contributed by atoms with van der Waals surface area (Å²) in [5, 5.41) is 9.61. The van der Waals surface area contributed by atoms with Crippen molar-refractivity contribution in [3.8, 4) is 28.3 Å². The maximum absolute atomic E-state index is 6.64. The Bertz CT molecular complexity index is 5250. The zero-order valence-electron chi connectivity index (χ0n) is 47.5. The molecule has 1 aliphatic heterocycles. The number of hydrogen-bond acceptors (Lipinski definition) is 4. The average molecular weight is 1100 g/mol. The smallest absolute Gasteiger partial charge is 0.165 e. The molecule has 16 aromatic rings. The number of anilines is 6. The number of aryl methyl sites for hydroxylation is 6. The second-order valence-electron chi connectivity index (χ2n) is 23.2. The molecule has 84 heavy (non-hydrogen) atoms. The van der Waals surface area contributed by atoms with Crippen molar-refractivity contribution in [2.75, 3.05) is 9.80 Å². The van der Waals surface area contributed by atoms with E-state index >= 15 is 0 Å². The van der Waals surface area contributed by atoms with Crippen molar-refractivity contribution >= 4 is 131 Å². The fraction of sp³-hybridized carbons (Fsp3) is 0.0779. The van der Waals surface area contributed by atoms with Gasteiger partial charge < -0.3 is 14.0 Å². The number of aromatic nitrogens is 4. The molecule has 0 amide bonds. The third-order valence-corrected chi connectivity index (χ3v) is 18.8. The Kier molecular flexibility index (Phi) is 10.5. The largest absolute Gasteiger partial charge is 0.306 e. The molecule has 0 spiro atoms. The maximum Gasteiger partial charge on any atom is 0.165 e. The van der Waals surface area contributed by atoms with Crippen molar-refractivity contribution in [2.24, 2.45) is 0 Å². The molecule has 0 unspecified atom stereocenters. The van der Waals surface area contributed by atoms with Crippen LogP contribution in [0.2, 0.25) is 0 Å². The number of pyridine rings is 1. The standard InChI is InChI=1S/C77H56N6S/c1-45-27-33-60-54(39-45)55-40-46(2)28-34-61(55)80(60)74-73(53-20-16-26-71-72(53)52-19-10-15-25-70(52)84-71)75(81-62-35-29-47(3)41-56(62)57-42-48(4)30-36-63(57)81)77(78-76(74)82-64-37-31-49(5)43-58(64)59-44-50(6)32-38-65(59)82)83-68-23-13-11-21-66(68)79(51-17-8-7-9-18-51)67-22-12-14-24-69(67)83/h7-44H,1-6H3. The van der Waals surface area contributed by atoms with Gasteiger partial charge in [-0.05, 0) is 168 Å². The van der Waals surface area contributed by atoms with Gasteiger partial charge in [-0.25, -0.2) is 4.98 Å². The zero-order chi connectivity index (χ0) is 56.2. The second-order valence-corrected chi connectivity index (χ2v) is 24.3. The molecule has 0 aliphatic carbocycles. The highest BCUT2D eigenvalue weighted by Crippen LogP contribution is 2.58. The van der Waals surface area contributed by atoms with Crippen molar-refractivity contribution < 1.29 is 0 Å². The molecular formula is C77H56N6S. The first kappa shape index (κ1) is 48.5. The summed E-state index contributed by atoms with van der Waals surface area (Å²) in [4.78, 5) is 11.5. The molecule has 5 aromatic heterocycles. The van der Waals surface area contributed by atoms with E-state index in [9.17, 15) is 0 Å². The Balaban J connectivity index is 1.19. The first-order valence-corrected chi connectivity index (χ1v) is 29.8. The van der Waals surface area contributed by atoms with Gasteiger partial charge in [0.15, 0.2) is 11.6 Å². The molecule has 0 bridgehead atoms. The number of nitrogens with zero attached hydrogens (tertiary/aromatic N) is 6. The van der Waals surface area contributed by atoms with Crippen LogP contribution in [-0.2, 0) is 0 Å². The molecule has 17 rings (SSSR count). The van der Waals surface area contributed by atoms with Crippen molar-refractivity contribution in [2.45, 2.75) is 41.5 Å². The Morgan fingerprint density at radius 2 is 0.667 bits per heavy atom. The zero-order valence-corrected chi connectivity index (χ0v) is 48.3. The van der Waals surface area contributed by atoms with Crippen LogP contribution in [0.5, 0.6) is 0 Å². The van der Waals surface area contributed by atoms with Gasteiger partial charge in [-0.15, -0.1) is 11.3 Å². The second kappa shape index (κ2) is 18.1. The number of fused-ring (bicyclic) bond motifs is 14. The van der Waals surface area contributed by atoms with Crippen LogP contribution in [0.25, 0.3) is 114 Å². The summed E-state index contributed by atoms with van der Waals surface area (Å²) in [6.45, 7) is 13.3. The van der Waals surface area contributed by atoms with Crippen LogP contribution in [-0.4, -0.2) is 18.7 Å². The number of hydrogen-bond donors (Lipinski definition) is 0. The van der Waals surface area contributed by atoms with E-state index in [-0.39, 0.29) is 0 Å². The molecule has 11 aromatic carbocycles. The Morgan fingerprint density at radius 3 is 1.12 bits per heavy atom. The summed E-state index contributed by atoms with van der Waals surface area (Å²) in [6, 6.07) is 86.6.